The minimum Gasteiger partial charge on any atom is -0.348 e. The molecular formula is C24H23FN2O. The Hall–Kier alpha value is -2.98. The number of amides is 1. The predicted octanol–water partition coefficient (Wildman–Crippen LogP) is 4.31. The monoisotopic (exact) mass is 374 g/mol. The Bertz CT molecular complexity index is 951. The molecule has 1 amide bonds. The van der Waals surface area contributed by atoms with Gasteiger partial charge in [0.25, 0.3) is 5.91 Å². The van der Waals surface area contributed by atoms with Crippen molar-refractivity contribution in [1.82, 2.24) is 10.2 Å². The van der Waals surface area contributed by atoms with Crippen molar-refractivity contribution in [2.75, 3.05) is 6.54 Å². The standard InChI is InChI=1S/C24H23FN2O/c25-23-11-7-18(8-12-23)15-26-24(28)21-9-5-19(6-10-21)16-27-14-13-20-3-1-2-4-22(20)17-27/h1-12H,13-17H2,(H,26,28). The molecular weight excluding hydrogens is 351 g/mol. The van der Waals surface area contributed by atoms with Gasteiger partial charge in [-0.2, -0.15) is 0 Å². The molecule has 142 valence electrons. The normalized spacial score (nSPS) is 13.8. The fraction of sp³-hybridized carbons (Fsp3) is 0.208. The first-order chi connectivity index (χ1) is 13.7. The summed E-state index contributed by atoms with van der Waals surface area (Å²) in [5.41, 5.74) is 5.57. The van der Waals surface area contributed by atoms with Crippen molar-refractivity contribution >= 4 is 5.91 Å². The van der Waals surface area contributed by atoms with Crippen LogP contribution in [-0.4, -0.2) is 17.4 Å². The second-order valence-electron chi connectivity index (χ2n) is 7.24. The summed E-state index contributed by atoms with van der Waals surface area (Å²) < 4.78 is 12.9. The first kappa shape index (κ1) is 18.4. The van der Waals surface area contributed by atoms with Crippen molar-refractivity contribution in [2.45, 2.75) is 26.1 Å². The molecule has 0 aromatic heterocycles. The highest BCUT2D eigenvalue weighted by Crippen LogP contribution is 2.20. The van der Waals surface area contributed by atoms with Crippen molar-refractivity contribution < 1.29 is 9.18 Å². The van der Waals surface area contributed by atoms with Crippen molar-refractivity contribution in [3.8, 4) is 0 Å². The van der Waals surface area contributed by atoms with Crippen molar-refractivity contribution in [3.05, 3.63) is 106 Å². The van der Waals surface area contributed by atoms with Crippen molar-refractivity contribution in [1.29, 1.82) is 0 Å². The zero-order chi connectivity index (χ0) is 19.3. The quantitative estimate of drug-likeness (QED) is 0.722. The van der Waals surface area contributed by atoms with E-state index in [1.165, 1.54) is 28.8 Å². The minimum atomic E-state index is -0.275. The number of carbonyl (C=O) groups excluding carboxylic acids is 1. The maximum atomic E-state index is 12.9. The molecule has 3 aromatic rings. The van der Waals surface area contributed by atoms with E-state index in [-0.39, 0.29) is 11.7 Å². The Morgan fingerprint density at radius 3 is 2.32 bits per heavy atom. The summed E-state index contributed by atoms with van der Waals surface area (Å²) in [5, 5.41) is 2.87. The molecule has 0 saturated heterocycles. The number of rotatable bonds is 5. The van der Waals surface area contributed by atoms with Gasteiger partial charge in [-0.25, -0.2) is 4.39 Å². The minimum absolute atomic E-state index is 0.122. The van der Waals surface area contributed by atoms with Gasteiger partial charge in [-0.15, -0.1) is 0 Å². The van der Waals surface area contributed by atoms with E-state index in [0.29, 0.717) is 12.1 Å². The van der Waals surface area contributed by atoms with Crippen LogP contribution < -0.4 is 5.32 Å². The zero-order valence-corrected chi connectivity index (χ0v) is 15.7. The number of nitrogens with zero attached hydrogens (tertiary/aromatic N) is 1. The molecule has 3 aromatic carbocycles. The van der Waals surface area contributed by atoms with E-state index < -0.39 is 0 Å². The zero-order valence-electron chi connectivity index (χ0n) is 15.7. The number of halogens is 1. The van der Waals surface area contributed by atoms with Gasteiger partial charge >= 0.3 is 0 Å². The highest BCUT2D eigenvalue weighted by Gasteiger charge is 2.16. The third kappa shape index (κ3) is 4.46. The summed E-state index contributed by atoms with van der Waals surface area (Å²) in [5.74, 6) is -0.398. The maximum Gasteiger partial charge on any atom is 0.251 e. The second-order valence-corrected chi connectivity index (χ2v) is 7.24. The van der Waals surface area contributed by atoms with E-state index in [4.69, 9.17) is 0 Å². The average molecular weight is 374 g/mol. The van der Waals surface area contributed by atoms with Crippen LogP contribution in [0.25, 0.3) is 0 Å². The topological polar surface area (TPSA) is 32.3 Å². The van der Waals surface area contributed by atoms with Gasteiger partial charge in [0.05, 0.1) is 0 Å². The summed E-state index contributed by atoms with van der Waals surface area (Å²) in [6.45, 7) is 3.28. The fourth-order valence-corrected chi connectivity index (χ4v) is 3.60. The van der Waals surface area contributed by atoms with Gasteiger partial charge in [0.1, 0.15) is 5.82 Å². The van der Waals surface area contributed by atoms with Crippen LogP contribution in [0.5, 0.6) is 0 Å². The SMILES string of the molecule is O=C(NCc1ccc(F)cc1)c1ccc(CN2CCc3ccccc3C2)cc1. The van der Waals surface area contributed by atoms with E-state index in [1.807, 2.05) is 24.3 Å². The lowest BCUT2D eigenvalue weighted by molar-refractivity contribution is 0.0951. The number of carbonyl (C=O) groups is 1. The number of hydrogen-bond acceptors (Lipinski definition) is 2. The molecule has 0 unspecified atom stereocenters. The Morgan fingerprint density at radius 1 is 0.893 bits per heavy atom. The summed E-state index contributed by atoms with van der Waals surface area (Å²) in [7, 11) is 0. The Morgan fingerprint density at radius 2 is 1.57 bits per heavy atom. The molecule has 0 spiro atoms. The molecule has 0 radical (unpaired) electrons. The van der Waals surface area contributed by atoms with Crippen LogP contribution in [0.15, 0.2) is 72.8 Å². The first-order valence-corrected chi connectivity index (χ1v) is 9.58. The molecule has 0 bridgehead atoms. The van der Waals surface area contributed by atoms with Crippen molar-refractivity contribution in [3.63, 3.8) is 0 Å². The molecule has 0 saturated carbocycles. The summed E-state index contributed by atoms with van der Waals surface area (Å²) >= 11 is 0. The largest absolute Gasteiger partial charge is 0.348 e. The van der Waals surface area contributed by atoms with Gasteiger partial charge in [-0.1, -0.05) is 48.5 Å². The number of fused-ring (bicyclic) bond motifs is 1. The van der Waals surface area contributed by atoms with Gasteiger partial charge in [-0.3, -0.25) is 9.69 Å². The summed E-state index contributed by atoms with van der Waals surface area (Å²) in [6.07, 6.45) is 1.08. The molecule has 28 heavy (non-hydrogen) atoms. The second kappa shape index (κ2) is 8.36. The van der Waals surface area contributed by atoms with E-state index in [2.05, 4.69) is 34.5 Å². The number of benzene rings is 3. The maximum absolute atomic E-state index is 12.9. The fourth-order valence-electron chi connectivity index (χ4n) is 3.60. The van der Waals surface area contributed by atoms with Gasteiger partial charge in [0, 0.05) is 31.7 Å². The van der Waals surface area contributed by atoms with Crippen LogP contribution in [0.4, 0.5) is 4.39 Å². The molecule has 4 heteroatoms. The van der Waals surface area contributed by atoms with Gasteiger partial charge in [-0.05, 0) is 52.9 Å². The van der Waals surface area contributed by atoms with Gasteiger partial charge in [0.15, 0.2) is 0 Å². The van der Waals surface area contributed by atoms with Crippen LogP contribution >= 0.6 is 0 Å². The van der Waals surface area contributed by atoms with Crippen LogP contribution in [0.2, 0.25) is 0 Å². The van der Waals surface area contributed by atoms with E-state index in [1.54, 1.807) is 12.1 Å². The predicted molar refractivity (Wildman–Crippen MR) is 108 cm³/mol. The Balaban J connectivity index is 1.32. The molecule has 1 aliphatic rings. The van der Waals surface area contributed by atoms with Gasteiger partial charge in [0.2, 0.25) is 0 Å². The Kier molecular flexibility index (Phi) is 5.49. The van der Waals surface area contributed by atoms with Crippen LogP contribution in [-0.2, 0) is 26.1 Å². The smallest absolute Gasteiger partial charge is 0.251 e. The third-order valence-electron chi connectivity index (χ3n) is 5.20. The molecule has 1 aliphatic heterocycles. The molecule has 0 atom stereocenters. The first-order valence-electron chi connectivity index (χ1n) is 9.58. The molecule has 1 heterocycles. The average Bonchev–Trinajstić information content (AvgIpc) is 2.73. The van der Waals surface area contributed by atoms with Gasteiger partial charge < -0.3 is 5.32 Å². The molecule has 4 rings (SSSR count). The lowest BCUT2D eigenvalue weighted by Gasteiger charge is -2.28. The van der Waals surface area contributed by atoms with Crippen LogP contribution in [0.1, 0.15) is 32.6 Å². The molecule has 1 N–H and O–H groups in total. The van der Waals surface area contributed by atoms with Crippen molar-refractivity contribution in [2.24, 2.45) is 0 Å². The molecule has 3 nitrogen and oxygen atoms in total. The third-order valence-corrected chi connectivity index (χ3v) is 5.20. The highest BCUT2D eigenvalue weighted by atomic mass is 19.1. The highest BCUT2D eigenvalue weighted by molar-refractivity contribution is 5.94. The summed E-state index contributed by atoms with van der Waals surface area (Å²) in [6, 6.07) is 22.6. The van der Waals surface area contributed by atoms with Crippen LogP contribution in [0, 0.1) is 5.82 Å². The van der Waals surface area contributed by atoms with E-state index in [9.17, 15) is 9.18 Å². The van der Waals surface area contributed by atoms with E-state index in [0.717, 1.165) is 31.6 Å². The molecule has 0 aliphatic carbocycles. The number of hydrogen-bond donors (Lipinski definition) is 1. The summed E-state index contributed by atoms with van der Waals surface area (Å²) in [4.78, 5) is 14.8. The lowest BCUT2D eigenvalue weighted by Crippen LogP contribution is -2.30. The van der Waals surface area contributed by atoms with E-state index >= 15 is 0 Å². The Labute approximate surface area is 164 Å². The molecule has 0 fully saturated rings. The lowest BCUT2D eigenvalue weighted by atomic mass is 9.99. The van der Waals surface area contributed by atoms with Crippen LogP contribution in [0.3, 0.4) is 0 Å². The number of nitrogens with one attached hydrogen (secondary N) is 1.